The predicted octanol–water partition coefficient (Wildman–Crippen LogP) is 0.0765. The van der Waals surface area contributed by atoms with Crippen LogP contribution in [0.5, 0.6) is 0 Å². The Kier molecular flexibility index (Phi) is 2.52. The van der Waals surface area contributed by atoms with Gasteiger partial charge in [-0.3, -0.25) is 14.8 Å². The summed E-state index contributed by atoms with van der Waals surface area (Å²) in [6.07, 6.45) is 2.39. The number of rotatable bonds is 2. The molecule has 3 heterocycles. The van der Waals surface area contributed by atoms with E-state index in [2.05, 4.69) is 9.98 Å². The van der Waals surface area contributed by atoms with Crippen molar-refractivity contribution >= 4 is 21.0 Å². The van der Waals surface area contributed by atoms with Crippen LogP contribution in [0.15, 0.2) is 23.3 Å². The average molecular weight is 307 g/mol. The van der Waals surface area contributed by atoms with Crippen LogP contribution >= 0.6 is 0 Å². The van der Waals surface area contributed by atoms with Crippen molar-refractivity contribution in [2.24, 2.45) is 16.8 Å². The molecule has 1 saturated carbocycles. The van der Waals surface area contributed by atoms with Crippen molar-refractivity contribution in [1.29, 1.82) is 0 Å². The number of aliphatic carboxylic acids is 1. The van der Waals surface area contributed by atoms with Gasteiger partial charge < -0.3 is 5.11 Å². The number of carboxylic acids is 1. The van der Waals surface area contributed by atoms with Gasteiger partial charge in [0.2, 0.25) is 0 Å². The molecular formula is C13H13N3O4S. The predicted molar refractivity (Wildman–Crippen MR) is 73.1 cm³/mol. The summed E-state index contributed by atoms with van der Waals surface area (Å²) in [6, 6.07) is 2.37. The number of piperidine rings is 1. The molecule has 1 N–H and O–H groups in total. The number of hydrogen-bond donors (Lipinski definition) is 1. The van der Waals surface area contributed by atoms with E-state index >= 15 is 0 Å². The Morgan fingerprint density at radius 1 is 1.43 bits per heavy atom. The molecule has 1 aromatic rings. The van der Waals surface area contributed by atoms with Crippen molar-refractivity contribution in [3.8, 4) is 0 Å². The summed E-state index contributed by atoms with van der Waals surface area (Å²) in [5.74, 6) is -0.947. The lowest BCUT2D eigenvalue weighted by atomic mass is 10.2. The number of carboxylic acid groups (broad SMARTS) is 1. The van der Waals surface area contributed by atoms with E-state index in [1.807, 2.05) is 0 Å². The molecule has 0 amide bonds. The van der Waals surface area contributed by atoms with Crippen molar-refractivity contribution in [1.82, 2.24) is 9.29 Å². The van der Waals surface area contributed by atoms with E-state index in [0.29, 0.717) is 11.3 Å². The van der Waals surface area contributed by atoms with Crippen molar-refractivity contribution in [2.45, 2.75) is 19.0 Å². The zero-order valence-corrected chi connectivity index (χ0v) is 11.8. The maximum absolute atomic E-state index is 12.8. The Hall–Kier alpha value is -1.80. The first kappa shape index (κ1) is 12.9. The maximum atomic E-state index is 12.8. The Labute approximate surface area is 121 Å². The third kappa shape index (κ3) is 1.75. The fourth-order valence-electron chi connectivity index (χ4n) is 3.30. The number of nitrogens with zero attached hydrogens (tertiary/aromatic N) is 3. The molecule has 1 saturated heterocycles. The number of sulfonamides is 1. The summed E-state index contributed by atoms with van der Waals surface area (Å²) in [7, 11) is -3.89. The molecule has 0 spiro atoms. The van der Waals surface area contributed by atoms with Gasteiger partial charge in [0.1, 0.15) is 6.04 Å². The minimum atomic E-state index is -3.89. The van der Waals surface area contributed by atoms with Crippen LogP contribution in [-0.2, 0) is 21.4 Å². The fraction of sp³-hybridized carbons (Fsp3) is 0.462. The third-order valence-electron chi connectivity index (χ3n) is 4.41. The number of hydrogen-bond acceptors (Lipinski definition) is 5. The van der Waals surface area contributed by atoms with Gasteiger partial charge in [-0.05, 0) is 30.4 Å². The molecule has 3 aliphatic rings. The summed E-state index contributed by atoms with van der Waals surface area (Å²) >= 11 is 0. The summed E-state index contributed by atoms with van der Waals surface area (Å²) in [5, 5.41) is 9.28. The molecule has 1 aliphatic carbocycles. The molecule has 110 valence electrons. The summed E-state index contributed by atoms with van der Waals surface area (Å²) < 4.78 is 26.7. The lowest BCUT2D eigenvalue weighted by Crippen LogP contribution is -2.46. The Morgan fingerprint density at radius 2 is 2.24 bits per heavy atom. The van der Waals surface area contributed by atoms with E-state index in [1.165, 1.54) is 0 Å². The second-order valence-electron chi connectivity index (χ2n) is 5.64. The van der Waals surface area contributed by atoms with Crippen LogP contribution in [0.25, 0.3) is 0 Å². The van der Waals surface area contributed by atoms with Crippen LogP contribution in [-0.4, -0.2) is 46.4 Å². The second kappa shape index (κ2) is 4.11. The van der Waals surface area contributed by atoms with E-state index in [4.69, 9.17) is 0 Å². The summed E-state index contributed by atoms with van der Waals surface area (Å²) in [4.78, 5) is 19.6. The number of aromatic nitrogens is 1. The number of pyridine rings is 1. The standard InChI is InChI=1S/C13H13N3O4S/c17-13(18)11-9-4-7(9)6-16(11)21(19,20)12-8-2-1-3-14-10(8)5-15-12/h1-3,7,9,11H,4-6H2,(H,17,18)/t7-,9-,11+/m1/s1. The molecule has 0 radical (unpaired) electrons. The van der Waals surface area contributed by atoms with Gasteiger partial charge in [-0.25, -0.2) is 8.42 Å². The SMILES string of the molecule is O=C(O)[C@@H]1[C@@H]2C[C@@H]2CN1S(=O)(=O)C1=NCc2ncccc21. The monoisotopic (exact) mass is 307 g/mol. The number of carbonyl (C=O) groups is 1. The van der Waals surface area contributed by atoms with Gasteiger partial charge in [-0.15, -0.1) is 0 Å². The van der Waals surface area contributed by atoms with Crippen LogP contribution in [0.4, 0.5) is 0 Å². The number of fused-ring (bicyclic) bond motifs is 2. The molecular weight excluding hydrogens is 294 g/mol. The zero-order valence-electron chi connectivity index (χ0n) is 11.0. The number of aliphatic imine (C=N–C) groups is 1. The highest BCUT2D eigenvalue weighted by Gasteiger charge is 2.60. The van der Waals surface area contributed by atoms with Crippen LogP contribution in [0.2, 0.25) is 0 Å². The van der Waals surface area contributed by atoms with Crippen molar-refractivity contribution in [3.63, 3.8) is 0 Å². The van der Waals surface area contributed by atoms with Crippen molar-refractivity contribution in [2.75, 3.05) is 6.54 Å². The Balaban J connectivity index is 1.74. The lowest BCUT2D eigenvalue weighted by molar-refractivity contribution is -0.141. The minimum absolute atomic E-state index is 0.0434. The van der Waals surface area contributed by atoms with Crippen LogP contribution in [0.1, 0.15) is 17.7 Å². The Morgan fingerprint density at radius 3 is 3.00 bits per heavy atom. The largest absolute Gasteiger partial charge is 0.480 e. The molecule has 21 heavy (non-hydrogen) atoms. The van der Waals surface area contributed by atoms with E-state index < -0.39 is 22.0 Å². The van der Waals surface area contributed by atoms with Gasteiger partial charge in [0.25, 0.3) is 10.0 Å². The van der Waals surface area contributed by atoms with E-state index in [1.54, 1.807) is 18.3 Å². The maximum Gasteiger partial charge on any atom is 0.322 e. The summed E-state index contributed by atoms with van der Waals surface area (Å²) in [5.41, 5.74) is 1.11. The van der Waals surface area contributed by atoms with Crippen molar-refractivity contribution < 1.29 is 18.3 Å². The van der Waals surface area contributed by atoms with Gasteiger partial charge >= 0.3 is 5.97 Å². The molecule has 4 rings (SSSR count). The quantitative estimate of drug-likeness (QED) is 0.834. The molecule has 3 atom stereocenters. The molecule has 7 nitrogen and oxygen atoms in total. The van der Waals surface area contributed by atoms with Gasteiger partial charge in [-0.1, -0.05) is 0 Å². The minimum Gasteiger partial charge on any atom is -0.480 e. The van der Waals surface area contributed by atoms with E-state index in [-0.39, 0.29) is 30.0 Å². The van der Waals surface area contributed by atoms with E-state index in [9.17, 15) is 18.3 Å². The van der Waals surface area contributed by atoms with Gasteiger partial charge in [-0.2, -0.15) is 4.31 Å². The highest BCUT2D eigenvalue weighted by atomic mass is 32.2. The molecule has 0 bridgehead atoms. The smallest absolute Gasteiger partial charge is 0.322 e. The van der Waals surface area contributed by atoms with Crippen LogP contribution in [0, 0.1) is 11.8 Å². The molecule has 8 heteroatoms. The second-order valence-corrected chi connectivity index (χ2v) is 7.44. The first-order valence-corrected chi connectivity index (χ1v) is 8.17. The van der Waals surface area contributed by atoms with E-state index in [0.717, 1.165) is 10.7 Å². The zero-order chi connectivity index (χ0) is 14.8. The third-order valence-corrected chi connectivity index (χ3v) is 6.24. The molecule has 0 aromatic carbocycles. The van der Waals surface area contributed by atoms with Gasteiger partial charge in [0.15, 0.2) is 5.04 Å². The Bertz CT molecular complexity index is 773. The first-order valence-electron chi connectivity index (χ1n) is 6.73. The summed E-state index contributed by atoms with van der Waals surface area (Å²) in [6.45, 7) is 0.502. The molecule has 0 unspecified atom stereocenters. The topological polar surface area (TPSA) is 99.9 Å². The average Bonchev–Trinajstić information content (AvgIpc) is 2.92. The van der Waals surface area contributed by atoms with Crippen LogP contribution < -0.4 is 0 Å². The highest BCUT2D eigenvalue weighted by Crippen LogP contribution is 2.51. The first-order chi connectivity index (χ1) is 10.00. The van der Waals surface area contributed by atoms with Crippen LogP contribution in [0.3, 0.4) is 0 Å². The lowest BCUT2D eigenvalue weighted by Gasteiger charge is -2.23. The molecule has 2 aliphatic heterocycles. The van der Waals surface area contributed by atoms with Gasteiger partial charge in [0.05, 0.1) is 12.2 Å². The van der Waals surface area contributed by atoms with Gasteiger partial charge in [0, 0.05) is 18.3 Å². The normalized spacial score (nSPS) is 30.7. The highest BCUT2D eigenvalue weighted by molar-refractivity contribution is 8.05. The molecule has 2 fully saturated rings. The fourth-order valence-corrected chi connectivity index (χ4v) is 5.15. The van der Waals surface area contributed by atoms with Crippen molar-refractivity contribution in [3.05, 3.63) is 29.6 Å². The molecule has 1 aromatic heterocycles.